The third-order valence-corrected chi connectivity index (χ3v) is 2.84. The molecule has 2 aromatic rings. The Morgan fingerprint density at radius 3 is 2.88 bits per heavy atom. The fourth-order valence-corrected chi connectivity index (χ4v) is 1.88. The second kappa shape index (κ2) is 4.77. The van der Waals surface area contributed by atoms with Gasteiger partial charge in [-0.05, 0) is 25.1 Å². The van der Waals surface area contributed by atoms with Crippen molar-refractivity contribution in [2.24, 2.45) is 5.73 Å². The van der Waals surface area contributed by atoms with Gasteiger partial charge >= 0.3 is 0 Å². The topological polar surface area (TPSA) is 61.3 Å². The fraction of sp³-hybridized carbons (Fsp3) is 0.250. The van der Waals surface area contributed by atoms with Crippen LogP contribution < -0.4 is 10.5 Å². The van der Waals surface area contributed by atoms with Gasteiger partial charge in [-0.15, -0.1) is 0 Å². The molecule has 0 atom stereocenters. The van der Waals surface area contributed by atoms with E-state index in [1.165, 1.54) is 0 Å². The number of nitrogens with zero attached hydrogens (tertiary/aromatic N) is 1. The van der Waals surface area contributed by atoms with Crippen LogP contribution in [0.4, 0.5) is 0 Å². The van der Waals surface area contributed by atoms with Crippen molar-refractivity contribution in [2.45, 2.75) is 13.5 Å². The Labute approximate surface area is 104 Å². The molecule has 90 valence electrons. The molecule has 0 radical (unpaired) electrons. The second-order valence-electron chi connectivity index (χ2n) is 3.61. The highest BCUT2D eigenvalue weighted by atomic mass is 35.5. The number of nitrogens with two attached hydrogens (primary N) is 1. The van der Waals surface area contributed by atoms with E-state index in [0.717, 1.165) is 11.1 Å². The minimum atomic E-state index is 0.361. The lowest BCUT2D eigenvalue weighted by Crippen LogP contribution is -1.99. The number of rotatable bonds is 3. The molecule has 0 fully saturated rings. The Balaban J connectivity index is 2.62. The molecule has 1 aromatic carbocycles. The molecule has 0 bridgehead atoms. The summed E-state index contributed by atoms with van der Waals surface area (Å²) >= 11 is 5.98. The Hall–Kier alpha value is -1.52. The first-order valence-electron chi connectivity index (χ1n) is 5.16. The van der Waals surface area contributed by atoms with Crippen LogP contribution in [0, 0.1) is 6.92 Å². The summed E-state index contributed by atoms with van der Waals surface area (Å²) in [4.78, 5) is 0. The molecule has 2 N–H and O–H groups in total. The lowest BCUT2D eigenvalue weighted by molar-refractivity contribution is 0.396. The molecule has 5 heteroatoms. The highest BCUT2D eigenvalue weighted by Crippen LogP contribution is 2.34. The summed E-state index contributed by atoms with van der Waals surface area (Å²) < 4.78 is 10.4. The van der Waals surface area contributed by atoms with Gasteiger partial charge in [-0.3, -0.25) is 0 Å². The molecule has 0 aliphatic carbocycles. The van der Waals surface area contributed by atoms with Crippen LogP contribution in [0.1, 0.15) is 11.3 Å². The van der Waals surface area contributed by atoms with E-state index in [1.54, 1.807) is 25.3 Å². The van der Waals surface area contributed by atoms with E-state index in [2.05, 4.69) is 5.16 Å². The standard InChI is InChI=1S/C12H13ClN2O2/c1-7-10(6-14)12(15-17-7)9-5-8(13)3-4-11(9)16-2/h3-5H,6,14H2,1-2H3. The largest absolute Gasteiger partial charge is 0.496 e. The normalized spacial score (nSPS) is 10.6. The Morgan fingerprint density at radius 2 is 2.24 bits per heavy atom. The maximum absolute atomic E-state index is 5.98. The summed E-state index contributed by atoms with van der Waals surface area (Å²) in [5.74, 6) is 1.40. The van der Waals surface area contributed by atoms with Crippen molar-refractivity contribution in [1.29, 1.82) is 0 Å². The molecule has 1 aromatic heterocycles. The van der Waals surface area contributed by atoms with Crippen molar-refractivity contribution in [3.63, 3.8) is 0 Å². The maximum atomic E-state index is 5.98. The zero-order chi connectivity index (χ0) is 12.4. The first-order chi connectivity index (χ1) is 8.17. The van der Waals surface area contributed by atoms with Crippen molar-refractivity contribution in [1.82, 2.24) is 5.16 Å². The van der Waals surface area contributed by atoms with Crippen molar-refractivity contribution in [2.75, 3.05) is 7.11 Å². The van der Waals surface area contributed by atoms with Crippen molar-refractivity contribution in [3.8, 4) is 17.0 Å². The van der Waals surface area contributed by atoms with Crippen LogP contribution in [-0.4, -0.2) is 12.3 Å². The third kappa shape index (κ3) is 2.14. The molecule has 0 spiro atoms. The number of ether oxygens (including phenoxy) is 1. The number of hydrogen-bond acceptors (Lipinski definition) is 4. The van der Waals surface area contributed by atoms with Crippen LogP contribution in [0.5, 0.6) is 5.75 Å². The lowest BCUT2D eigenvalue weighted by atomic mass is 10.1. The summed E-state index contributed by atoms with van der Waals surface area (Å²) in [6, 6.07) is 5.35. The molecule has 0 aliphatic heterocycles. The number of aromatic nitrogens is 1. The predicted octanol–water partition coefficient (Wildman–Crippen LogP) is 2.77. The molecular formula is C12H13ClN2O2. The van der Waals surface area contributed by atoms with Gasteiger partial charge in [-0.1, -0.05) is 16.8 Å². The third-order valence-electron chi connectivity index (χ3n) is 2.61. The van der Waals surface area contributed by atoms with Gasteiger partial charge in [0.05, 0.1) is 7.11 Å². The summed E-state index contributed by atoms with van der Waals surface area (Å²) in [5.41, 5.74) is 8.03. The minimum absolute atomic E-state index is 0.361. The van der Waals surface area contributed by atoms with Crippen molar-refractivity contribution < 1.29 is 9.26 Å². The highest BCUT2D eigenvalue weighted by molar-refractivity contribution is 6.31. The van der Waals surface area contributed by atoms with Crippen LogP contribution in [0.3, 0.4) is 0 Å². The summed E-state index contributed by atoms with van der Waals surface area (Å²) in [7, 11) is 1.60. The molecule has 0 saturated heterocycles. The SMILES string of the molecule is COc1ccc(Cl)cc1-c1noc(C)c1CN. The van der Waals surface area contributed by atoms with E-state index in [1.807, 2.05) is 6.92 Å². The average Bonchev–Trinajstić information content (AvgIpc) is 2.70. The van der Waals surface area contributed by atoms with E-state index < -0.39 is 0 Å². The molecule has 1 heterocycles. The van der Waals surface area contributed by atoms with Gasteiger partial charge in [0.2, 0.25) is 0 Å². The van der Waals surface area contributed by atoms with E-state index in [4.69, 9.17) is 26.6 Å². The van der Waals surface area contributed by atoms with Gasteiger partial charge in [0.1, 0.15) is 17.2 Å². The summed E-state index contributed by atoms with van der Waals surface area (Å²) in [6.07, 6.45) is 0. The molecule has 4 nitrogen and oxygen atoms in total. The number of halogens is 1. The Morgan fingerprint density at radius 1 is 1.47 bits per heavy atom. The van der Waals surface area contributed by atoms with Crippen LogP contribution in [0.25, 0.3) is 11.3 Å². The zero-order valence-corrected chi connectivity index (χ0v) is 10.4. The quantitative estimate of drug-likeness (QED) is 0.912. The van der Waals surface area contributed by atoms with Crippen molar-refractivity contribution >= 4 is 11.6 Å². The lowest BCUT2D eigenvalue weighted by Gasteiger charge is -2.07. The van der Waals surface area contributed by atoms with Gasteiger partial charge < -0.3 is 15.0 Å². The molecule has 0 amide bonds. The maximum Gasteiger partial charge on any atom is 0.138 e. The number of benzene rings is 1. The average molecular weight is 253 g/mol. The van der Waals surface area contributed by atoms with Crippen LogP contribution >= 0.6 is 11.6 Å². The Bertz CT molecular complexity index is 537. The second-order valence-corrected chi connectivity index (χ2v) is 4.05. The van der Waals surface area contributed by atoms with Gasteiger partial charge in [-0.2, -0.15) is 0 Å². The first-order valence-corrected chi connectivity index (χ1v) is 5.54. The molecule has 0 saturated carbocycles. The van der Waals surface area contributed by atoms with E-state index in [0.29, 0.717) is 28.8 Å². The summed E-state index contributed by atoms with van der Waals surface area (Å²) in [5, 5.41) is 4.63. The Kier molecular flexibility index (Phi) is 3.36. The van der Waals surface area contributed by atoms with Gasteiger partial charge in [-0.25, -0.2) is 0 Å². The molecular weight excluding hydrogens is 240 g/mol. The van der Waals surface area contributed by atoms with Gasteiger partial charge in [0.15, 0.2) is 0 Å². The van der Waals surface area contributed by atoms with E-state index in [-0.39, 0.29) is 0 Å². The fourth-order valence-electron chi connectivity index (χ4n) is 1.71. The minimum Gasteiger partial charge on any atom is -0.496 e. The highest BCUT2D eigenvalue weighted by Gasteiger charge is 2.17. The van der Waals surface area contributed by atoms with Crippen molar-refractivity contribution in [3.05, 3.63) is 34.5 Å². The smallest absolute Gasteiger partial charge is 0.138 e. The van der Waals surface area contributed by atoms with E-state index >= 15 is 0 Å². The van der Waals surface area contributed by atoms with Crippen LogP contribution in [-0.2, 0) is 6.54 Å². The van der Waals surface area contributed by atoms with Gasteiger partial charge in [0.25, 0.3) is 0 Å². The van der Waals surface area contributed by atoms with Gasteiger partial charge in [0, 0.05) is 22.7 Å². The van der Waals surface area contributed by atoms with E-state index in [9.17, 15) is 0 Å². The molecule has 0 aliphatic rings. The predicted molar refractivity (Wildman–Crippen MR) is 66.1 cm³/mol. The molecule has 2 rings (SSSR count). The monoisotopic (exact) mass is 252 g/mol. The summed E-state index contributed by atoms with van der Waals surface area (Å²) in [6.45, 7) is 2.19. The molecule has 0 unspecified atom stereocenters. The van der Waals surface area contributed by atoms with Crippen LogP contribution in [0.2, 0.25) is 5.02 Å². The first kappa shape index (κ1) is 12.0. The zero-order valence-electron chi connectivity index (χ0n) is 9.66. The van der Waals surface area contributed by atoms with Crippen LogP contribution in [0.15, 0.2) is 22.7 Å². The number of hydrogen-bond donors (Lipinski definition) is 1. The number of aryl methyl sites for hydroxylation is 1. The number of methoxy groups -OCH3 is 1. The molecule has 17 heavy (non-hydrogen) atoms.